The van der Waals surface area contributed by atoms with Gasteiger partial charge in [0.05, 0.1) is 24.9 Å². The van der Waals surface area contributed by atoms with Crippen molar-refractivity contribution in [3.05, 3.63) is 69.9 Å². The number of nitrogens with zero attached hydrogens (tertiary/aromatic N) is 4. The Balaban J connectivity index is 1.68. The first kappa shape index (κ1) is 18.2. The van der Waals surface area contributed by atoms with Crippen LogP contribution in [0.2, 0.25) is 0 Å². The van der Waals surface area contributed by atoms with E-state index in [1.54, 1.807) is 35.4 Å². The summed E-state index contributed by atoms with van der Waals surface area (Å²) in [5, 5.41) is 11.6. The van der Waals surface area contributed by atoms with Crippen LogP contribution >= 0.6 is 0 Å². The number of ether oxygens (including phenoxy) is 1. The van der Waals surface area contributed by atoms with Gasteiger partial charge in [-0.3, -0.25) is 0 Å². The van der Waals surface area contributed by atoms with E-state index in [9.17, 15) is 23.3 Å². The molecule has 1 aliphatic heterocycles. The lowest BCUT2D eigenvalue weighted by molar-refractivity contribution is -0.389. The zero-order valence-corrected chi connectivity index (χ0v) is 14.5. The second-order valence-corrected chi connectivity index (χ2v) is 6.37. The minimum atomic E-state index is -4.45. The predicted molar refractivity (Wildman–Crippen MR) is 94.2 cm³/mol. The van der Waals surface area contributed by atoms with Crippen LogP contribution in [0.5, 0.6) is 0 Å². The first-order chi connectivity index (χ1) is 13.3. The molecule has 3 heterocycles. The van der Waals surface area contributed by atoms with Gasteiger partial charge in [0.15, 0.2) is 0 Å². The summed E-state index contributed by atoms with van der Waals surface area (Å²) >= 11 is 0. The largest absolute Gasteiger partial charge is 0.416 e. The second-order valence-electron chi connectivity index (χ2n) is 6.37. The van der Waals surface area contributed by atoms with Gasteiger partial charge < -0.3 is 19.8 Å². The first-order valence-corrected chi connectivity index (χ1v) is 8.50. The summed E-state index contributed by atoms with van der Waals surface area (Å²) in [6, 6.07) is 9.97. The number of alkyl halides is 3. The topological polar surface area (TPSA) is 72.9 Å². The number of aromatic nitrogens is 2. The van der Waals surface area contributed by atoms with Crippen LogP contribution in [0.15, 0.2) is 48.7 Å². The van der Waals surface area contributed by atoms with Gasteiger partial charge in [0.2, 0.25) is 11.5 Å². The van der Waals surface area contributed by atoms with Crippen molar-refractivity contribution in [3.63, 3.8) is 0 Å². The standard InChI is InChI=1S/C18H15F3N4O3/c19-18(20,21)13-5-3-4-12(10-13)14-11-23(8-9-28-14)16-17(25(26)27)24-7-2-1-6-15(24)22-16/h1-7,10,14H,8-9,11H2. The molecule has 0 saturated carbocycles. The van der Waals surface area contributed by atoms with Crippen molar-refractivity contribution >= 4 is 17.3 Å². The molecule has 1 aromatic carbocycles. The van der Waals surface area contributed by atoms with Crippen LogP contribution in [-0.2, 0) is 10.9 Å². The van der Waals surface area contributed by atoms with Crippen molar-refractivity contribution in [1.29, 1.82) is 0 Å². The highest BCUT2D eigenvalue weighted by Crippen LogP contribution is 2.35. The van der Waals surface area contributed by atoms with Crippen LogP contribution in [0.3, 0.4) is 0 Å². The fourth-order valence-electron chi connectivity index (χ4n) is 3.31. The molecule has 0 bridgehead atoms. The number of benzene rings is 1. The van der Waals surface area contributed by atoms with Gasteiger partial charge >= 0.3 is 12.0 Å². The summed E-state index contributed by atoms with van der Waals surface area (Å²) in [4.78, 5) is 17.1. The molecular weight excluding hydrogens is 377 g/mol. The van der Waals surface area contributed by atoms with Gasteiger partial charge in [-0.2, -0.15) is 22.6 Å². The van der Waals surface area contributed by atoms with Gasteiger partial charge in [-0.05, 0) is 28.7 Å². The fraction of sp³-hybridized carbons (Fsp3) is 0.278. The molecule has 1 fully saturated rings. The van der Waals surface area contributed by atoms with E-state index in [-0.39, 0.29) is 24.8 Å². The minimum Gasteiger partial charge on any atom is -0.370 e. The van der Waals surface area contributed by atoms with E-state index in [1.165, 1.54) is 10.5 Å². The highest BCUT2D eigenvalue weighted by atomic mass is 19.4. The number of morpholine rings is 1. The number of hydrogen-bond donors (Lipinski definition) is 0. The van der Waals surface area contributed by atoms with Crippen molar-refractivity contribution in [2.24, 2.45) is 0 Å². The van der Waals surface area contributed by atoms with Gasteiger partial charge in [-0.25, -0.2) is 0 Å². The highest BCUT2D eigenvalue weighted by molar-refractivity contribution is 5.63. The van der Waals surface area contributed by atoms with Gasteiger partial charge in [0.1, 0.15) is 6.10 Å². The third-order valence-electron chi connectivity index (χ3n) is 4.61. The number of nitro groups is 1. The van der Waals surface area contributed by atoms with Gasteiger partial charge in [-0.15, -0.1) is 0 Å². The summed E-state index contributed by atoms with van der Waals surface area (Å²) in [6.45, 7) is 0.720. The quantitative estimate of drug-likeness (QED) is 0.500. The zero-order valence-electron chi connectivity index (χ0n) is 14.5. The smallest absolute Gasteiger partial charge is 0.370 e. The number of imidazole rings is 1. The fourth-order valence-corrected chi connectivity index (χ4v) is 3.31. The summed E-state index contributed by atoms with van der Waals surface area (Å²) < 4.78 is 46.0. The Morgan fingerprint density at radius 3 is 2.79 bits per heavy atom. The van der Waals surface area contributed by atoms with Gasteiger partial charge in [-0.1, -0.05) is 18.2 Å². The highest BCUT2D eigenvalue weighted by Gasteiger charge is 2.34. The van der Waals surface area contributed by atoms with E-state index in [2.05, 4.69) is 4.98 Å². The average molecular weight is 392 g/mol. The van der Waals surface area contributed by atoms with Crippen LogP contribution in [0.1, 0.15) is 17.2 Å². The van der Waals surface area contributed by atoms with Crippen LogP contribution in [0.4, 0.5) is 24.8 Å². The van der Waals surface area contributed by atoms with Gasteiger partial charge in [0.25, 0.3) is 0 Å². The van der Waals surface area contributed by atoms with Crippen molar-refractivity contribution < 1.29 is 22.8 Å². The maximum Gasteiger partial charge on any atom is 0.416 e. The molecule has 146 valence electrons. The van der Waals surface area contributed by atoms with E-state index in [0.29, 0.717) is 17.8 Å². The molecule has 2 aromatic heterocycles. The monoisotopic (exact) mass is 392 g/mol. The van der Waals surface area contributed by atoms with Crippen LogP contribution in [0.25, 0.3) is 5.65 Å². The minimum absolute atomic E-state index is 0.159. The lowest BCUT2D eigenvalue weighted by Gasteiger charge is -2.33. The van der Waals surface area contributed by atoms with Crippen LogP contribution in [0, 0.1) is 10.1 Å². The number of hydrogen-bond acceptors (Lipinski definition) is 5. The SMILES string of the molecule is O=[N+]([O-])c1c(N2CCOC(c3cccc(C(F)(F)F)c3)C2)nc2ccccn12. The van der Waals surface area contributed by atoms with Crippen molar-refractivity contribution in [2.45, 2.75) is 12.3 Å². The Morgan fingerprint density at radius 1 is 1.21 bits per heavy atom. The van der Waals surface area contributed by atoms with Crippen LogP contribution in [-0.4, -0.2) is 34.0 Å². The molecule has 1 unspecified atom stereocenters. The maximum absolute atomic E-state index is 13.0. The molecule has 4 rings (SSSR count). The Bertz CT molecular complexity index is 1030. The summed E-state index contributed by atoms with van der Waals surface area (Å²) in [5.41, 5.74) is 0.0293. The molecule has 3 aromatic rings. The van der Waals surface area contributed by atoms with E-state index < -0.39 is 22.8 Å². The van der Waals surface area contributed by atoms with Crippen molar-refractivity contribution in [2.75, 3.05) is 24.6 Å². The average Bonchev–Trinajstić information content (AvgIpc) is 3.07. The third-order valence-corrected chi connectivity index (χ3v) is 4.61. The molecule has 0 N–H and O–H groups in total. The first-order valence-electron chi connectivity index (χ1n) is 8.50. The molecule has 1 atom stereocenters. The second kappa shape index (κ2) is 6.79. The lowest BCUT2D eigenvalue weighted by Crippen LogP contribution is -2.39. The number of anilines is 1. The molecule has 0 radical (unpaired) electrons. The summed E-state index contributed by atoms with van der Waals surface area (Å²) in [5.74, 6) is -0.00299. The van der Waals surface area contributed by atoms with Gasteiger partial charge in [0, 0.05) is 12.6 Å². The van der Waals surface area contributed by atoms with E-state index in [1.807, 2.05) is 0 Å². The third kappa shape index (κ3) is 3.26. The van der Waals surface area contributed by atoms with Crippen molar-refractivity contribution in [1.82, 2.24) is 9.38 Å². The normalized spacial score (nSPS) is 17.8. The Kier molecular flexibility index (Phi) is 4.42. The molecule has 0 amide bonds. The van der Waals surface area contributed by atoms with E-state index in [0.717, 1.165) is 12.1 Å². The number of halogens is 3. The van der Waals surface area contributed by atoms with E-state index >= 15 is 0 Å². The zero-order chi connectivity index (χ0) is 19.9. The summed E-state index contributed by atoms with van der Waals surface area (Å²) in [6.07, 6.45) is -3.56. The molecule has 28 heavy (non-hydrogen) atoms. The maximum atomic E-state index is 13.0. The molecule has 0 spiro atoms. The van der Waals surface area contributed by atoms with Crippen molar-refractivity contribution in [3.8, 4) is 0 Å². The number of pyridine rings is 1. The molecule has 1 saturated heterocycles. The molecule has 0 aliphatic carbocycles. The number of fused-ring (bicyclic) bond motifs is 1. The molecule has 1 aliphatic rings. The molecule has 10 heteroatoms. The lowest BCUT2D eigenvalue weighted by atomic mass is 10.0. The Labute approximate surface area is 157 Å². The number of rotatable bonds is 3. The van der Waals surface area contributed by atoms with Crippen LogP contribution < -0.4 is 4.90 Å². The summed E-state index contributed by atoms with van der Waals surface area (Å²) in [7, 11) is 0. The molecular formula is C18H15F3N4O3. The Hall–Kier alpha value is -3.14. The Morgan fingerprint density at radius 2 is 2.04 bits per heavy atom. The predicted octanol–water partition coefficient (Wildman–Crippen LogP) is 3.84. The molecule has 7 nitrogen and oxygen atoms in total. The van der Waals surface area contributed by atoms with E-state index in [4.69, 9.17) is 4.74 Å².